The Morgan fingerprint density at radius 1 is 0.519 bits per heavy atom. The van der Waals surface area contributed by atoms with Crippen LogP contribution in [0, 0.1) is 0 Å². The molecule has 0 saturated heterocycles. The van der Waals surface area contributed by atoms with E-state index in [-0.39, 0.29) is 5.54 Å². The molecule has 1 aliphatic carbocycles. The molecule has 0 bridgehead atoms. The zero-order valence-corrected chi connectivity index (χ0v) is 29.2. The van der Waals surface area contributed by atoms with Gasteiger partial charge in [-0.3, -0.25) is 4.98 Å². The van der Waals surface area contributed by atoms with Gasteiger partial charge >= 0.3 is 0 Å². The maximum atomic E-state index is 5.94. The van der Waals surface area contributed by atoms with Gasteiger partial charge in [0.1, 0.15) is 12.3 Å². The average molecular weight is 669 g/mol. The first-order valence-corrected chi connectivity index (χ1v) is 18.0. The maximum absolute atomic E-state index is 5.94. The van der Waals surface area contributed by atoms with Gasteiger partial charge < -0.3 is 4.74 Å². The highest BCUT2D eigenvalue weighted by Gasteiger charge is 2.47. The Hall–Kier alpha value is -6.32. The molecule has 0 saturated carbocycles. The molecule has 0 fully saturated rings. The highest BCUT2D eigenvalue weighted by Crippen LogP contribution is 2.59. The standard InChI is InChI=1S/C49H36N2O/c1-48(2)31-52-47(51-48)45-26-24-36(30-50-45)42-29-44-46(40-20-12-11-19-39(40)42)41-25-23-35(34-22-21-32-13-9-10-14-33(32)27-34)28-43(41)49(44,37-15-5-3-6-16-37)38-17-7-4-8-18-38/h3-30H,31H2,1-2H3. The summed E-state index contributed by atoms with van der Waals surface area (Å²) in [6.45, 7) is 4.73. The molecule has 8 aromatic rings. The van der Waals surface area contributed by atoms with Crippen LogP contribution in [-0.2, 0) is 10.2 Å². The summed E-state index contributed by atoms with van der Waals surface area (Å²) in [6, 6.07) is 60.1. The Morgan fingerprint density at radius 2 is 1.15 bits per heavy atom. The lowest BCUT2D eigenvalue weighted by atomic mass is 9.67. The molecule has 0 spiro atoms. The second-order valence-electron chi connectivity index (χ2n) is 14.6. The first-order valence-electron chi connectivity index (χ1n) is 18.0. The minimum atomic E-state index is -0.565. The quantitative estimate of drug-likeness (QED) is 0.183. The Morgan fingerprint density at radius 3 is 1.85 bits per heavy atom. The number of aromatic nitrogens is 1. The van der Waals surface area contributed by atoms with Crippen LogP contribution in [0.1, 0.15) is 41.8 Å². The molecule has 0 atom stereocenters. The Bertz CT molecular complexity index is 2650. The van der Waals surface area contributed by atoms with Crippen LogP contribution < -0.4 is 0 Å². The molecular weight excluding hydrogens is 633 g/mol. The van der Waals surface area contributed by atoms with Crippen molar-refractivity contribution in [2.24, 2.45) is 4.99 Å². The van der Waals surface area contributed by atoms with Gasteiger partial charge in [0.2, 0.25) is 5.90 Å². The number of benzene rings is 7. The van der Waals surface area contributed by atoms with Gasteiger partial charge in [-0.25, -0.2) is 4.99 Å². The van der Waals surface area contributed by atoms with Crippen LogP contribution in [-0.4, -0.2) is 23.0 Å². The summed E-state index contributed by atoms with van der Waals surface area (Å²) in [7, 11) is 0. The van der Waals surface area contributed by atoms with Gasteiger partial charge in [-0.15, -0.1) is 0 Å². The fraction of sp³-hybridized carbons (Fsp3) is 0.102. The number of hydrogen-bond donors (Lipinski definition) is 0. The predicted molar refractivity (Wildman–Crippen MR) is 214 cm³/mol. The van der Waals surface area contributed by atoms with E-state index in [0.29, 0.717) is 12.5 Å². The van der Waals surface area contributed by atoms with Gasteiger partial charge in [0, 0.05) is 11.8 Å². The Balaban J connectivity index is 1.26. The Labute approximate surface area is 303 Å². The molecule has 7 aromatic carbocycles. The van der Waals surface area contributed by atoms with E-state index >= 15 is 0 Å². The van der Waals surface area contributed by atoms with Crippen molar-refractivity contribution in [1.29, 1.82) is 0 Å². The lowest BCUT2D eigenvalue weighted by Gasteiger charge is -2.34. The summed E-state index contributed by atoms with van der Waals surface area (Å²) >= 11 is 0. The zero-order chi connectivity index (χ0) is 34.9. The first-order chi connectivity index (χ1) is 25.5. The normalized spacial score (nSPS) is 15.2. The van der Waals surface area contributed by atoms with Crippen molar-refractivity contribution in [3.8, 4) is 33.4 Å². The van der Waals surface area contributed by atoms with E-state index < -0.39 is 5.41 Å². The van der Waals surface area contributed by atoms with Gasteiger partial charge in [-0.05, 0) is 110 Å². The molecule has 0 amide bonds. The third-order valence-corrected chi connectivity index (χ3v) is 10.9. The van der Waals surface area contributed by atoms with Gasteiger partial charge in [-0.1, -0.05) is 140 Å². The molecule has 1 aromatic heterocycles. The minimum Gasteiger partial charge on any atom is -0.474 e. The van der Waals surface area contributed by atoms with Crippen LogP contribution in [0.2, 0.25) is 0 Å². The molecule has 52 heavy (non-hydrogen) atoms. The Kier molecular flexibility index (Phi) is 6.81. The van der Waals surface area contributed by atoms with Crippen LogP contribution in [0.25, 0.3) is 54.9 Å². The van der Waals surface area contributed by atoms with Crippen LogP contribution in [0.15, 0.2) is 175 Å². The van der Waals surface area contributed by atoms with Crippen molar-refractivity contribution >= 4 is 27.4 Å². The number of fused-ring (bicyclic) bond motifs is 6. The zero-order valence-electron chi connectivity index (χ0n) is 29.2. The van der Waals surface area contributed by atoms with E-state index in [1.807, 2.05) is 12.3 Å². The summed E-state index contributed by atoms with van der Waals surface area (Å²) < 4.78 is 5.94. The monoisotopic (exact) mass is 668 g/mol. The van der Waals surface area contributed by atoms with Crippen molar-refractivity contribution in [3.63, 3.8) is 0 Å². The number of aliphatic imine (C=N–C) groups is 1. The summed E-state index contributed by atoms with van der Waals surface area (Å²) in [6.07, 6.45) is 1.98. The van der Waals surface area contributed by atoms with Crippen molar-refractivity contribution in [1.82, 2.24) is 4.98 Å². The molecule has 0 N–H and O–H groups in total. The SMILES string of the molecule is CC1(C)COC(c2ccc(-c3cc4c(c5ccccc35)-c3ccc(-c5ccc6ccccc6c5)cc3C4(c3ccccc3)c3ccccc3)cn2)=N1. The average Bonchev–Trinajstić information content (AvgIpc) is 3.72. The summed E-state index contributed by atoms with van der Waals surface area (Å²) in [5, 5.41) is 4.93. The minimum absolute atomic E-state index is 0.243. The lowest BCUT2D eigenvalue weighted by Crippen LogP contribution is -2.28. The van der Waals surface area contributed by atoms with Crippen LogP contribution >= 0.6 is 0 Å². The van der Waals surface area contributed by atoms with Crippen molar-refractivity contribution < 1.29 is 4.74 Å². The highest BCUT2D eigenvalue weighted by molar-refractivity contribution is 6.10. The number of hydrogen-bond acceptors (Lipinski definition) is 3. The van der Waals surface area contributed by atoms with Gasteiger partial charge in [0.25, 0.3) is 0 Å². The van der Waals surface area contributed by atoms with Crippen molar-refractivity contribution in [3.05, 3.63) is 198 Å². The van der Waals surface area contributed by atoms with Crippen molar-refractivity contribution in [2.75, 3.05) is 6.61 Å². The molecule has 248 valence electrons. The molecule has 3 nitrogen and oxygen atoms in total. The molecule has 10 rings (SSSR count). The summed E-state index contributed by atoms with van der Waals surface area (Å²) in [4.78, 5) is 9.68. The fourth-order valence-corrected chi connectivity index (χ4v) is 8.53. The first kappa shape index (κ1) is 30.5. The van der Waals surface area contributed by atoms with Gasteiger partial charge in [-0.2, -0.15) is 0 Å². The van der Waals surface area contributed by atoms with E-state index in [0.717, 1.165) is 16.8 Å². The number of pyridine rings is 1. The van der Waals surface area contributed by atoms with E-state index in [1.54, 1.807) is 0 Å². The predicted octanol–water partition coefficient (Wildman–Crippen LogP) is 11.6. The van der Waals surface area contributed by atoms with Crippen LogP contribution in [0.4, 0.5) is 0 Å². The van der Waals surface area contributed by atoms with Gasteiger partial charge in [0.05, 0.1) is 11.0 Å². The van der Waals surface area contributed by atoms with Crippen LogP contribution in [0.5, 0.6) is 0 Å². The van der Waals surface area contributed by atoms with Crippen LogP contribution in [0.3, 0.4) is 0 Å². The molecule has 2 heterocycles. The van der Waals surface area contributed by atoms with E-state index in [2.05, 4.69) is 172 Å². The number of rotatable bonds is 5. The molecule has 2 aliphatic rings. The summed E-state index contributed by atoms with van der Waals surface area (Å²) in [5.74, 6) is 0.611. The molecule has 0 unspecified atom stereocenters. The molecular formula is C49H36N2O. The van der Waals surface area contributed by atoms with Gasteiger partial charge in [0.15, 0.2) is 0 Å². The third-order valence-electron chi connectivity index (χ3n) is 10.9. The topological polar surface area (TPSA) is 34.5 Å². The second-order valence-corrected chi connectivity index (χ2v) is 14.6. The lowest BCUT2D eigenvalue weighted by molar-refractivity contribution is 0.279. The molecule has 3 heteroatoms. The highest BCUT2D eigenvalue weighted by atomic mass is 16.5. The molecule has 1 aliphatic heterocycles. The fourth-order valence-electron chi connectivity index (χ4n) is 8.53. The van der Waals surface area contributed by atoms with Crippen molar-refractivity contribution in [2.45, 2.75) is 24.8 Å². The number of ether oxygens (including phenoxy) is 1. The smallest absolute Gasteiger partial charge is 0.236 e. The third kappa shape index (κ3) is 4.66. The van der Waals surface area contributed by atoms with E-state index in [9.17, 15) is 0 Å². The molecule has 0 radical (unpaired) electrons. The largest absolute Gasteiger partial charge is 0.474 e. The van der Waals surface area contributed by atoms with E-state index in [1.165, 1.54) is 66.1 Å². The summed E-state index contributed by atoms with van der Waals surface area (Å²) in [5.41, 5.74) is 12.2. The van der Waals surface area contributed by atoms with E-state index in [4.69, 9.17) is 14.7 Å². The second kappa shape index (κ2) is 11.6. The number of nitrogens with zero attached hydrogens (tertiary/aromatic N) is 2. The maximum Gasteiger partial charge on any atom is 0.236 e.